The molecule has 0 aromatic heterocycles. The van der Waals surface area contributed by atoms with E-state index in [1.807, 2.05) is 35.2 Å². The Morgan fingerprint density at radius 3 is 1.83 bits per heavy atom. The molecule has 0 amide bonds. The highest BCUT2D eigenvalue weighted by molar-refractivity contribution is 7.92. The van der Waals surface area contributed by atoms with Gasteiger partial charge in [-0.3, -0.25) is 0 Å². The summed E-state index contributed by atoms with van der Waals surface area (Å²) >= 11 is 0. The third kappa shape index (κ3) is 2.34. The first-order chi connectivity index (χ1) is 14.6. The minimum atomic E-state index is -3.56. The maximum absolute atomic E-state index is 13.2. The number of rotatable bonds is 1. The second kappa shape index (κ2) is 6.18. The molecule has 1 aliphatic rings. The normalized spacial score (nSPS) is 14.5. The minimum absolute atomic E-state index is 0.335. The highest BCUT2D eigenvalue weighted by Crippen LogP contribution is 2.48. The molecular formula is C26H17NO2S. The van der Waals surface area contributed by atoms with Crippen molar-refractivity contribution >= 4 is 48.4 Å². The van der Waals surface area contributed by atoms with Crippen LogP contribution in [0.1, 0.15) is 0 Å². The lowest BCUT2D eigenvalue weighted by Crippen LogP contribution is -2.21. The summed E-state index contributed by atoms with van der Waals surface area (Å²) in [5, 5.41) is 4.72. The number of para-hydroxylation sites is 2. The molecule has 1 heterocycles. The van der Waals surface area contributed by atoms with Crippen LogP contribution in [-0.2, 0) is 9.84 Å². The third-order valence-electron chi connectivity index (χ3n) is 5.78. The fraction of sp³-hybridized carbons (Fsp3) is 0. The van der Waals surface area contributed by atoms with Gasteiger partial charge in [0, 0.05) is 5.69 Å². The molecule has 5 aromatic rings. The average molecular weight is 407 g/mol. The first kappa shape index (κ1) is 17.2. The predicted molar refractivity (Wildman–Crippen MR) is 122 cm³/mol. The lowest BCUT2D eigenvalue weighted by Gasteiger charge is -2.33. The van der Waals surface area contributed by atoms with Crippen molar-refractivity contribution in [2.45, 2.75) is 9.79 Å². The van der Waals surface area contributed by atoms with Crippen molar-refractivity contribution in [3.63, 3.8) is 0 Å². The Morgan fingerprint density at radius 2 is 1.10 bits per heavy atom. The molecule has 0 saturated heterocycles. The summed E-state index contributed by atoms with van der Waals surface area (Å²) in [4.78, 5) is 2.71. The van der Waals surface area contributed by atoms with Crippen molar-refractivity contribution in [2.24, 2.45) is 0 Å². The summed E-state index contributed by atoms with van der Waals surface area (Å²) in [6, 6.07) is 33.3. The Morgan fingerprint density at radius 1 is 0.533 bits per heavy atom. The largest absolute Gasteiger partial charge is 0.308 e. The van der Waals surface area contributed by atoms with Crippen LogP contribution in [-0.4, -0.2) is 8.42 Å². The third-order valence-corrected chi connectivity index (χ3v) is 7.63. The Labute approximate surface area is 174 Å². The van der Waals surface area contributed by atoms with E-state index in [2.05, 4.69) is 48.5 Å². The van der Waals surface area contributed by atoms with Gasteiger partial charge >= 0.3 is 0 Å². The molecule has 0 unspecified atom stereocenters. The summed E-state index contributed by atoms with van der Waals surface area (Å²) in [6.07, 6.45) is 0. The number of fused-ring (bicyclic) bond motifs is 5. The van der Waals surface area contributed by atoms with Crippen LogP contribution in [0.25, 0.3) is 21.5 Å². The Hall–Kier alpha value is -3.63. The number of sulfone groups is 1. The molecule has 0 atom stereocenters. The summed E-state index contributed by atoms with van der Waals surface area (Å²) in [5.74, 6) is 0. The monoisotopic (exact) mass is 407 g/mol. The molecule has 0 aliphatic carbocycles. The van der Waals surface area contributed by atoms with Crippen LogP contribution in [0, 0.1) is 0 Å². The van der Waals surface area contributed by atoms with E-state index >= 15 is 0 Å². The van der Waals surface area contributed by atoms with Gasteiger partial charge in [-0.25, -0.2) is 8.42 Å². The van der Waals surface area contributed by atoms with Crippen molar-refractivity contribution in [3.05, 3.63) is 103 Å². The van der Waals surface area contributed by atoms with Crippen LogP contribution in [0.3, 0.4) is 0 Å². The zero-order valence-corrected chi connectivity index (χ0v) is 16.8. The zero-order valence-electron chi connectivity index (χ0n) is 16.0. The van der Waals surface area contributed by atoms with Crippen LogP contribution < -0.4 is 4.90 Å². The molecule has 0 N–H and O–H groups in total. The summed E-state index contributed by atoms with van der Waals surface area (Å²) in [7, 11) is -3.56. The lowest BCUT2D eigenvalue weighted by atomic mass is 10.0. The molecule has 4 heteroatoms. The number of benzene rings is 5. The molecule has 0 radical (unpaired) electrons. The predicted octanol–water partition coefficient (Wildman–Crippen LogP) is 6.61. The van der Waals surface area contributed by atoms with Crippen LogP contribution >= 0.6 is 0 Å². The van der Waals surface area contributed by atoms with Crippen LogP contribution in [0.15, 0.2) is 113 Å². The number of anilines is 3. The Bertz CT molecular complexity index is 1520. The highest BCUT2D eigenvalue weighted by atomic mass is 32.2. The van der Waals surface area contributed by atoms with Gasteiger partial charge in [-0.1, -0.05) is 66.7 Å². The van der Waals surface area contributed by atoms with E-state index < -0.39 is 9.84 Å². The Kier molecular flexibility index (Phi) is 3.55. The van der Waals surface area contributed by atoms with E-state index in [9.17, 15) is 8.42 Å². The van der Waals surface area contributed by atoms with Crippen molar-refractivity contribution in [1.29, 1.82) is 0 Å². The summed E-state index contributed by atoms with van der Waals surface area (Å²) in [5.41, 5.74) is 2.29. The lowest BCUT2D eigenvalue weighted by molar-refractivity contribution is 0.595. The molecule has 6 rings (SSSR count). The molecule has 30 heavy (non-hydrogen) atoms. The molecule has 0 saturated carbocycles. The smallest absolute Gasteiger partial charge is 0.210 e. The number of hydrogen-bond acceptors (Lipinski definition) is 3. The zero-order chi connectivity index (χ0) is 20.3. The van der Waals surface area contributed by atoms with Crippen LogP contribution in [0.4, 0.5) is 17.1 Å². The second-order valence-electron chi connectivity index (χ2n) is 7.47. The fourth-order valence-electron chi connectivity index (χ4n) is 4.40. The standard InChI is InChI=1S/C26H17NO2S/c28-30(29)25-11-5-3-9-23(25)27(24-10-4-6-12-26(24)30)20-15-16-22-19(17-20)14-13-18-7-1-2-8-21(18)22/h1-17H. The van der Waals surface area contributed by atoms with E-state index in [-0.39, 0.29) is 0 Å². The van der Waals surface area contributed by atoms with E-state index in [1.54, 1.807) is 24.3 Å². The number of nitrogens with zero attached hydrogens (tertiary/aromatic N) is 1. The molecular weight excluding hydrogens is 390 g/mol. The average Bonchev–Trinajstić information content (AvgIpc) is 2.79. The van der Waals surface area contributed by atoms with Gasteiger partial charge in [-0.15, -0.1) is 0 Å². The fourth-order valence-corrected chi connectivity index (χ4v) is 6.03. The van der Waals surface area contributed by atoms with Gasteiger partial charge in [0.1, 0.15) is 0 Å². The van der Waals surface area contributed by atoms with E-state index in [4.69, 9.17) is 0 Å². The van der Waals surface area contributed by atoms with Gasteiger partial charge in [0.25, 0.3) is 0 Å². The molecule has 0 bridgehead atoms. The Balaban J connectivity index is 1.65. The van der Waals surface area contributed by atoms with Crippen molar-refractivity contribution in [3.8, 4) is 0 Å². The van der Waals surface area contributed by atoms with Gasteiger partial charge in [0.05, 0.1) is 21.2 Å². The maximum Gasteiger partial charge on any atom is 0.210 e. The van der Waals surface area contributed by atoms with Gasteiger partial charge < -0.3 is 4.90 Å². The highest BCUT2D eigenvalue weighted by Gasteiger charge is 2.34. The van der Waals surface area contributed by atoms with Gasteiger partial charge in [-0.2, -0.15) is 0 Å². The maximum atomic E-state index is 13.2. The molecule has 1 aliphatic heterocycles. The van der Waals surface area contributed by atoms with E-state index in [1.165, 1.54) is 16.2 Å². The van der Waals surface area contributed by atoms with Gasteiger partial charge in [-0.05, 0) is 57.9 Å². The first-order valence-electron chi connectivity index (χ1n) is 9.79. The van der Waals surface area contributed by atoms with Crippen molar-refractivity contribution in [1.82, 2.24) is 0 Å². The SMILES string of the molecule is O=S1(=O)c2ccccc2N(c2ccc3c(ccc4ccccc43)c2)c2ccccc21. The molecule has 0 fully saturated rings. The van der Waals surface area contributed by atoms with E-state index in [0.717, 1.165) is 11.1 Å². The van der Waals surface area contributed by atoms with E-state index in [0.29, 0.717) is 21.2 Å². The van der Waals surface area contributed by atoms with Crippen LogP contribution in [0.2, 0.25) is 0 Å². The summed E-state index contributed by atoms with van der Waals surface area (Å²) < 4.78 is 26.4. The van der Waals surface area contributed by atoms with Gasteiger partial charge in [0.15, 0.2) is 0 Å². The first-order valence-corrected chi connectivity index (χ1v) is 11.3. The topological polar surface area (TPSA) is 37.4 Å². The quantitative estimate of drug-likeness (QED) is 0.288. The molecule has 5 aromatic carbocycles. The molecule has 144 valence electrons. The van der Waals surface area contributed by atoms with Crippen LogP contribution in [0.5, 0.6) is 0 Å². The number of hydrogen-bond donors (Lipinski definition) is 0. The molecule has 0 spiro atoms. The van der Waals surface area contributed by atoms with Crippen molar-refractivity contribution in [2.75, 3.05) is 4.90 Å². The molecule has 3 nitrogen and oxygen atoms in total. The summed E-state index contributed by atoms with van der Waals surface area (Å²) in [6.45, 7) is 0. The van der Waals surface area contributed by atoms with Gasteiger partial charge in [0.2, 0.25) is 9.84 Å². The second-order valence-corrected chi connectivity index (χ2v) is 9.35. The van der Waals surface area contributed by atoms with Crippen molar-refractivity contribution < 1.29 is 8.42 Å². The minimum Gasteiger partial charge on any atom is -0.308 e.